The van der Waals surface area contributed by atoms with Crippen LogP contribution < -0.4 is 10.2 Å². The Labute approximate surface area is 107 Å². The number of nitrogens with zero attached hydrogens (tertiary/aromatic N) is 3. The largest absolute Gasteiger partial charge is 0.481 e. The Morgan fingerprint density at radius 3 is 2.94 bits per heavy atom. The van der Waals surface area contributed by atoms with E-state index in [2.05, 4.69) is 22.2 Å². The second kappa shape index (κ2) is 7.47. The van der Waals surface area contributed by atoms with Gasteiger partial charge in [0.15, 0.2) is 0 Å². The van der Waals surface area contributed by atoms with E-state index in [1.54, 1.807) is 0 Å². The summed E-state index contributed by atoms with van der Waals surface area (Å²) in [6, 6.07) is 1.87. The van der Waals surface area contributed by atoms with Crippen LogP contribution in [-0.4, -0.2) is 41.2 Å². The summed E-state index contributed by atoms with van der Waals surface area (Å²) >= 11 is 0. The number of rotatable bonds is 8. The predicted octanol–water partition coefficient (Wildman–Crippen LogP) is 1.60. The van der Waals surface area contributed by atoms with Crippen LogP contribution in [0.2, 0.25) is 0 Å². The van der Waals surface area contributed by atoms with Gasteiger partial charge in [0, 0.05) is 32.6 Å². The maximum absolute atomic E-state index is 10.4. The molecule has 1 rings (SSSR count). The van der Waals surface area contributed by atoms with E-state index in [1.807, 2.05) is 18.0 Å². The first-order chi connectivity index (χ1) is 8.63. The summed E-state index contributed by atoms with van der Waals surface area (Å²) in [7, 11) is 1.90. The van der Waals surface area contributed by atoms with Crippen molar-refractivity contribution in [2.45, 2.75) is 26.2 Å². The number of aromatic nitrogens is 2. The van der Waals surface area contributed by atoms with Crippen LogP contribution in [0.5, 0.6) is 0 Å². The molecule has 0 aliphatic carbocycles. The van der Waals surface area contributed by atoms with E-state index >= 15 is 0 Å². The van der Waals surface area contributed by atoms with Crippen LogP contribution in [0.25, 0.3) is 0 Å². The minimum absolute atomic E-state index is 0.177. The molecule has 0 aliphatic rings. The molecule has 0 radical (unpaired) electrons. The first kappa shape index (κ1) is 14.2. The van der Waals surface area contributed by atoms with Crippen LogP contribution in [0.15, 0.2) is 12.4 Å². The molecule has 0 unspecified atom stereocenters. The van der Waals surface area contributed by atoms with Gasteiger partial charge in [0.2, 0.25) is 0 Å². The van der Waals surface area contributed by atoms with E-state index in [0.29, 0.717) is 13.0 Å². The minimum atomic E-state index is -0.767. The summed E-state index contributed by atoms with van der Waals surface area (Å²) in [5.74, 6) is 0.831. The highest BCUT2D eigenvalue weighted by molar-refractivity contribution is 5.66. The van der Waals surface area contributed by atoms with Crippen LogP contribution in [-0.2, 0) is 4.79 Å². The van der Waals surface area contributed by atoms with Crippen molar-refractivity contribution in [1.82, 2.24) is 9.97 Å². The van der Waals surface area contributed by atoms with Crippen molar-refractivity contribution in [3.05, 3.63) is 12.4 Å². The normalized spacial score (nSPS) is 10.1. The van der Waals surface area contributed by atoms with Crippen molar-refractivity contribution in [1.29, 1.82) is 0 Å². The second-order valence-electron chi connectivity index (χ2n) is 4.11. The number of anilines is 2. The van der Waals surface area contributed by atoms with Gasteiger partial charge < -0.3 is 15.3 Å². The monoisotopic (exact) mass is 252 g/mol. The Hall–Kier alpha value is -1.85. The molecule has 6 heteroatoms. The first-order valence-electron chi connectivity index (χ1n) is 6.12. The molecule has 0 atom stereocenters. The van der Waals surface area contributed by atoms with Gasteiger partial charge in [-0.15, -0.1) is 0 Å². The molecule has 0 saturated heterocycles. The zero-order valence-electron chi connectivity index (χ0n) is 10.9. The second-order valence-corrected chi connectivity index (χ2v) is 4.11. The van der Waals surface area contributed by atoms with Gasteiger partial charge in [0.25, 0.3) is 0 Å². The number of nitrogens with one attached hydrogen (secondary N) is 1. The fourth-order valence-corrected chi connectivity index (χ4v) is 1.49. The van der Waals surface area contributed by atoms with Gasteiger partial charge in [-0.3, -0.25) is 4.79 Å². The topological polar surface area (TPSA) is 78.4 Å². The van der Waals surface area contributed by atoms with Gasteiger partial charge in [-0.2, -0.15) is 0 Å². The molecule has 0 aromatic carbocycles. The molecular formula is C12H20N4O2. The van der Waals surface area contributed by atoms with Crippen molar-refractivity contribution in [3.8, 4) is 0 Å². The van der Waals surface area contributed by atoms with Gasteiger partial charge in [-0.1, -0.05) is 6.92 Å². The summed E-state index contributed by atoms with van der Waals surface area (Å²) in [4.78, 5) is 20.7. The SMILES string of the molecule is CCCNc1cc(N(C)CCCC(=O)O)ncn1. The number of carboxylic acid groups (broad SMARTS) is 1. The van der Waals surface area contributed by atoms with Crippen molar-refractivity contribution in [3.63, 3.8) is 0 Å². The van der Waals surface area contributed by atoms with E-state index in [-0.39, 0.29) is 6.42 Å². The lowest BCUT2D eigenvalue weighted by Gasteiger charge is -2.18. The lowest BCUT2D eigenvalue weighted by molar-refractivity contribution is -0.137. The highest BCUT2D eigenvalue weighted by Crippen LogP contribution is 2.13. The summed E-state index contributed by atoms with van der Waals surface area (Å²) in [5.41, 5.74) is 0. The third kappa shape index (κ3) is 4.99. The molecule has 0 spiro atoms. The minimum Gasteiger partial charge on any atom is -0.481 e. The van der Waals surface area contributed by atoms with Crippen LogP contribution in [0.4, 0.5) is 11.6 Å². The van der Waals surface area contributed by atoms with Crippen LogP contribution in [0.3, 0.4) is 0 Å². The average Bonchev–Trinajstić information content (AvgIpc) is 2.36. The first-order valence-corrected chi connectivity index (χ1v) is 6.12. The van der Waals surface area contributed by atoms with Gasteiger partial charge in [-0.05, 0) is 12.8 Å². The molecule has 1 heterocycles. The molecule has 0 saturated carbocycles. The standard InChI is InChI=1S/C12H20N4O2/c1-3-6-13-10-8-11(15-9-14-10)16(2)7-4-5-12(17)18/h8-9H,3-7H2,1-2H3,(H,17,18)(H,13,14,15). The number of hydrogen-bond donors (Lipinski definition) is 2. The molecule has 18 heavy (non-hydrogen) atoms. The Balaban J connectivity index is 2.51. The van der Waals surface area contributed by atoms with Crippen LogP contribution in [0, 0.1) is 0 Å². The van der Waals surface area contributed by atoms with Crippen molar-refractivity contribution in [2.24, 2.45) is 0 Å². The van der Waals surface area contributed by atoms with Gasteiger partial charge in [-0.25, -0.2) is 9.97 Å². The molecule has 0 bridgehead atoms. The Kier molecular flexibility index (Phi) is 5.90. The fourth-order valence-electron chi connectivity index (χ4n) is 1.49. The number of carboxylic acids is 1. The zero-order valence-corrected chi connectivity index (χ0v) is 10.9. The van der Waals surface area contributed by atoms with E-state index in [4.69, 9.17) is 5.11 Å². The quantitative estimate of drug-likeness (QED) is 0.731. The van der Waals surface area contributed by atoms with Gasteiger partial charge >= 0.3 is 5.97 Å². The molecule has 0 aliphatic heterocycles. The van der Waals surface area contributed by atoms with Crippen molar-refractivity contribution < 1.29 is 9.90 Å². The maximum Gasteiger partial charge on any atom is 0.303 e. The molecule has 0 amide bonds. The Morgan fingerprint density at radius 2 is 2.28 bits per heavy atom. The summed E-state index contributed by atoms with van der Waals surface area (Å²) in [6.07, 6.45) is 3.33. The van der Waals surface area contributed by atoms with E-state index in [0.717, 1.165) is 24.6 Å². The van der Waals surface area contributed by atoms with Crippen LogP contribution in [0.1, 0.15) is 26.2 Å². The Bertz CT molecular complexity index is 384. The number of hydrogen-bond acceptors (Lipinski definition) is 5. The number of aliphatic carboxylic acids is 1. The molecule has 100 valence electrons. The molecule has 1 aromatic heterocycles. The predicted molar refractivity (Wildman–Crippen MR) is 71.0 cm³/mol. The van der Waals surface area contributed by atoms with Crippen molar-refractivity contribution in [2.75, 3.05) is 30.4 Å². The third-order valence-electron chi connectivity index (χ3n) is 2.48. The number of carbonyl (C=O) groups is 1. The Morgan fingerprint density at radius 1 is 1.50 bits per heavy atom. The molecular weight excluding hydrogens is 232 g/mol. The summed E-state index contributed by atoms with van der Waals surface area (Å²) in [6.45, 7) is 3.63. The molecule has 6 nitrogen and oxygen atoms in total. The molecule has 2 N–H and O–H groups in total. The van der Waals surface area contributed by atoms with E-state index in [9.17, 15) is 4.79 Å². The molecule has 1 aromatic rings. The smallest absolute Gasteiger partial charge is 0.303 e. The van der Waals surface area contributed by atoms with Gasteiger partial charge in [0.05, 0.1) is 0 Å². The highest BCUT2D eigenvalue weighted by Gasteiger charge is 2.05. The zero-order chi connectivity index (χ0) is 13.4. The summed E-state index contributed by atoms with van der Waals surface area (Å²) < 4.78 is 0. The average molecular weight is 252 g/mol. The summed E-state index contributed by atoms with van der Waals surface area (Å²) in [5, 5.41) is 11.8. The van der Waals surface area contributed by atoms with Gasteiger partial charge in [0.1, 0.15) is 18.0 Å². The third-order valence-corrected chi connectivity index (χ3v) is 2.48. The molecule has 0 fully saturated rings. The lowest BCUT2D eigenvalue weighted by Crippen LogP contribution is -2.20. The van der Waals surface area contributed by atoms with Crippen LogP contribution >= 0.6 is 0 Å². The van der Waals surface area contributed by atoms with Crippen molar-refractivity contribution >= 4 is 17.6 Å². The van der Waals surface area contributed by atoms with E-state index in [1.165, 1.54) is 6.33 Å². The van der Waals surface area contributed by atoms with E-state index < -0.39 is 5.97 Å². The highest BCUT2D eigenvalue weighted by atomic mass is 16.4. The lowest BCUT2D eigenvalue weighted by atomic mass is 10.3. The fraction of sp³-hybridized carbons (Fsp3) is 0.583. The maximum atomic E-state index is 10.4.